The average molecular weight is 286 g/mol. The molecule has 1 amide bonds. The Kier molecular flexibility index (Phi) is 5.57. The van der Waals surface area contributed by atoms with Crippen molar-refractivity contribution in [2.24, 2.45) is 5.92 Å². The van der Waals surface area contributed by atoms with Crippen LogP contribution < -0.4 is 5.32 Å². The van der Waals surface area contributed by atoms with E-state index in [9.17, 15) is 31.1 Å². The molecule has 0 aromatic heterocycles. The molecule has 0 aromatic carbocycles. The number of carbonyl (C=O) groups is 1. The van der Waals surface area contributed by atoms with Gasteiger partial charge in [0, 0.05) is 11.9 Å². The predicted octanol–water partition coefficient (Wildman–Crippen LogP) is 2.86. The van der Waals surface area contributed by atoms with Gasteiger partial charge < -0.3 is 5.32 Å². The highest BCUT2D eigenvalue weighted by molar-refractivity contribution is 6.18. The summed E-state index contributed by atoms with van der Waals surface area (Å²) in [4.78, 5) is 11.0. The normalized spacial score (nSPS) is 14.9. The van der Waals surface area contributed by atoms with E-state index in [0.717, 1.165) is 0 Å². The van der Waals surface area contributed by atoms with Crippen molar-refractivity contribution < 1.29 is 31.1 Å². The van der Waals surface area contributed by atoms with Crippen LogP contribution >= 0.6 is 11.6 Å². The molecule has 0 aliphatic rings. The van der Waals surface area contributed by atoms with Gasteiger partial charge in [0.05, 0.1) is 0 Å². The molecule has 9 heteroatoms. The van der Waals surface area contributed by atoms with Gasteiger partial charge in [0.1, 0.15) is 0 Å². The Morgan fingerprint density at radius 3 is 1.82 bits per heavy atom. The van der Waals surface area contributed by atoms with Crippen molar-refractivity contribution in [3.63, 3.8) is 0 Å². The highest BCUT2D eigenvalue weighted by atomic mass is 35.5. The maximum Gasteiger partial charge on any atom is 0.409 e. The summed E-state index contributed by atoms with van der Waals surface area (Å²) in [5.74, 6) is -6.41. The first kappa shape index (κ1) is 16.3. The molecule has 0 bridgehead atoms. The second kappa shape index (κ2) is 5.79. The SMILES string of the molecule is CCC(CCl)NC(=O)C(C(F)(F)F)C(F)(F)F. The molecule has 0 aliphatic heterocycles. The number of hydrogen-bond donors (Lipinski definition) is 1. The number of amides is 1. The Bertz CT molecular complexity index is 246. The van der Waals surface area contributed by atoms with Crippen molar-refractivity contribution in [1.29, 1.82) is 0 Å². The van der Waals surface area contributed by atoms with Gasteiger partial charge in [-0.15, -0.1) is 11.6 Å². The first-order valence-electron chi connectivity index (χ1n) is 4.53. The van der Waals surface area contributed by atoms with E-state index in [1.54, 1.807) is 5.32 Å². The Hall–Kier alpha value is -0.660. The van der Waals surface area contributed by atoms with E-state index in [0.29, 0.717) is 0 Å². The maximum absolute atomic E-state index is 12.1. The van der Waals surface area contributed by atoms with Crippen LogP contribution in [0.25, 0.3) is 0 Å². The van der Waals surface area contributed by atoms with Crippen LogP contribution in [0, 0.1) is 5.92 Å². The first-order chi connectivity index (χ1) is 7.54. The van der Waals surface area contributed by atoms with Crippen molar-refractivity contribution in [2.75, 3.05) is 5.88 Å². The molecule has 102 valence electrons. The monoisotopic (exact) mass is 285 g/mol. The van der Waals surface area contributed by atoms with E-state index in [1.165, 1.54) is 6.92 Å². The fourth-order valence-corrected chi connectivity index (χ4v) is 1.31. The van der Waals surface area contributed by atoms with Crippen LogP contribution in [-0.2, 0) is 4.79 Å². The Morgan fingerprint density at radius 1 is 1.18 bits per heavy atom. The largest absolute Gasteiger partial charge is 0.409 e. The summed E-state index contributed by atoms with van der Waals surface area (Å²) in [5, 5.41) is 1.62. The molecule has 17 heavy (non-hydrogen) atoms. The summed E-state index contributed by atoms with van der Waals surface area (Å²) >= 11 is 5.27. The standard InChI is InChI=1S/C8H10ClF6NO/c1-2-4(3-9)16-6(17)5(7(10,11)12)8(13,14)15/h4-5H,2-3H2,1H3,(H,16,17). The zero-order valence-corrected chi connectivity index (χ0v) is 9.38. The zero-order chi connectivity index (χ0) is 13.9. The number of carbonyl (C=O) groups excluding carboxylic acids is 1. The average Bonchev–Trinajstić information content (AvgIpc) is 2.09. The second-order valence-electron chi connectivity index (χ2n) is 3.28. The molecule has 0 rings (SSSR count). The summed E-state index contributed by atoms with van der Waals surface area (Å²) in [5.41, 5.74) is 0. The fourth-order valence-electron chi connectivity index (χ4n) is 1.02. The fraction of sp³-hybridized carbons (Fsp3) is 0.875. The van der Waals surface area contributed by atoms with Crippen LogP contribution in [0.3, 0.4) is 0 Å². The van der Waals surface area contributed by atoms with E-state index >= 15 is 0 Å². The van der Waals surface area contributed by atoms with Gasteiger partial charge in [-0.1, -0.05) is 6.92 Å². The molecule has 0 aromatic rings. The topological polar surface area (TPSA) is 29.1 Å². The lowest BCUT2D eigenvalue weighted by Gasteiger charge is -2.24. The van der Waals surface area contributed by atoms with Crippen molar-refractivity contribution in [3.8, 4) is 0 Å². The van der Waals surface area contributed by atoms with Gasteiger partial charge in [-0.3, -0.25) is 4.79 Å². The Balaban J connectivity index is 4.91. The van der Waals surface area contributed by atoms with Crippen LogP contribution in [0.4, 0.5) is 26.3 Å². The van der Waals surface area contributed by atoms with Gasteiger partial charge in [-0.25, -0.2) is 0 Å². The van der Waals surface area contributed by atoms with Crippen LogP contribution in [0.5, 0.6) is 0 Å². The molecular formula is C8H10ClF6NO. The third-order valence-electron chi connectivity index (χ3n) is 1.94. The third kappa shape index (κ3) is 5.01. The quantitative estimate of drug-likeness (QED) is 0.624. The molecular weight excluding hydrogens is 276 g/mol. The van der Waals surface area contributed by atoms with Gasteiger partial charge >= 0.3 is 12.4 Å². The summed E-state index contributed by atoms with van der Waals surface area (Å²) in [6.45, 7) is 1.48. The van der Waals surface area contributed by atoms with Gasteiger partial charge in [-0.2, -0.15) is 26.3 Å². The molecule has 0 heterocycles. The molecule has 1 atom stereocenters. The Labute approximate surface area is 98.3 Å². The summed E-state index contributed by atoms with van der Waals surface area (Å²) in [6.07, 6.45) is -11.2. The van der Waals surface area contributed by atoms with Crippen molar-refractivity contribution >= 4 is 17.5 Å². The third-order valence-corrected chi connectivity index (χ3v) is 2.31. The van der Waals surface area contributed by atoms with Gasteiger partial charge in [0.2, 0.25) is 11.8 Å². The van der Waals surface area contributed by atoms with E-state index in [-0.39, 0.29) is 12.3 Å². The number of rotatable bonds is 4. The smallest absolute Gasteiger partial charge is 0.351 e. The van der Waals surface area contributed by atoms with Gasteiger partial charge in [-0.05, 0) is 6.42 Å². The van der Waals surface area contributed by atoms with E-state index in [1.807, 2.05) is 0 Å². The minimum absolute atomic E-state index is 0.137. The van der Waals surface area contributed by atoms with Crippen molar-refractivity contribution in [1.82, 2.24) is 5.32 Å². The number of nitrogens with one attached hydrogen (secondary N) is 1. The summed E-state index contributed by atoms with van der Waals surface area (Å²) < 4.78 is 72.7. The zero-order valence-electron chi connectivity index (χ0n) is 8.62. The molecule has 0 fully saturated rings. The molecule has 2 nitrogen and oxygen atoms in total. The second-order valence-corrected chi connectivity index (χ2v) is 3.59. The first-order valence-corrected chi connectivity index (χ1v) is 5.07. The summed E-state index contributed by atoms with van der Waals surface area (Å²) in [6, 6.07) is -0.920. The molecule has 0 radical (unpaired) electrons. The lowest BCUT2D eigenvalue weighted by atomic mass is 10.1. The van der Waals surface area contributed by atoms with E-state index in [4.69, 9.17) is 11.6 Å². The maximum atomic E-state index is 12.1. The minimum atomic E-state index is -5.67. The van der Waals surface area contributed by atoms with E-state index < -0.39 is 30.2 Å². The number of alkyl halides is 7. The summed E-state index contributed by atoms with van der Waals surface area (Å²) in [7, 11) is 0. The van der Waals surface area contributed by atoms with E-state index in [2.05, 4.69) is 0 Å². The van der Waals surface area contributed by atoms with Crippen molar-refractivity contribution in [2.45, 2.75) is 31.7 Å². The van der Waals surface area contributed by atoms with Crippen LogP contribution in [0.15, 0.2) is 0 Å². The van der Waals surface area contributed by atoms with Crippen LogP contribution in [0.2, 0.25) is 0 Å². The molecule has 0 saturated heterocycles. The number of hydrogen-bond acceptors (Lipinski definition) is 1. The highest BCUT2D eigenvalue weighted by Gasteiger charge is 2.61. The molecule has 1 N–H and O–H groups in total. The molecule has 0 saturated carbocycles. The Morgan fingerprint density at radius 2 is 1.59 bits per heavy atom. The lowest BCUT2D eigenvalue weighted by molar-refractivity contribution is -0.274. The molecule has 0 aliphatic carbocycles. The van der Waals surface area contributed by atoms with Gasteiger partial charge in [0.15, 0.2) is 0 Å². The highest BCUT2D eigenvalue weighted by Crippen LogP contribution is 2.39. The van der Waals surface area contributed by atoms with Crippen LogP contribution in [-0.4, -0.2) is 30.2 Å². The molecule has 1 unspecified atom stereocenters. The predicted molar refractivity (Wildman–Crippen MR) is 48.5 cm³/mol. The van der Waals surface area contributed by atoms with Crippen molar-refractivity contribution in [3.05, 3.63) is 0 Å². The minimum Gasteiger partial charge on any atom is -0.351 e. The van der Waals surface area contributed by atoms with Crippen LogP contribution in [0.1, 0.15) is 13.3 Å². The van der Waals surface area contributed by atoms with Gasteiger partial charge in [0.25, 0.3) is 0 Å². The molecule has 0 spiro atoms. The lowest BCUT2D eigenvalue weighted by Crippen LogP contribution is -2.50. The number of halogens is 7.